The zero-order valence-electron chi connectivity index (χ0n) is 9.92. The molecule has 2 saturated carbocycles. The van der Waals surface area contributed by atoms with E-state index in [4.69, 9.17) is 5.73 Å². The Balaban J connectivity index is 1.71. The molecule has 2 rings (SSSR count). The number of rotatable bonds is 4. The monoisotopic (exact) mass is 246 g/mol. The van der Waals surface area contributed by atoms with E-state index < -0.39 is 12.0 Å². The van der Waals surface area contributed by atoms with Crippen molar-refractivity contribution < 1.29 is 13.6 Å². The van der Waals surface area contributed by atoms with Crippen molar-refractivity contribution in [1.82, 2.24) is 5.32 Å². The van der Waals surface area contributed by atoms with Crippen LogP contribution in [0.5, 0.6) is 0 Å². The van der Waals surface area contributed by atoms with Gasteiger partial charge in [0.2, 0.25) is 11.8 Å². The quantitative estimate of drug-likeness (QED) is 0.794. The number of nitrogens with two attached hydrogens (primary N) is 1. The van der Waals surface area contributed by atoms with Gasteiger partial charge >= 0.3 is 0 Å². The van der Waals surface area contributed by atoms with E-state index in [-0.39, 0.29) is 24.7 Å². The van der Waals surface area contributed by atoms with Gasteiger partial charge in [0.05, 0.1) is 6.04 Å². The first-order valence-corrected chi connectivity index (χ1v) is 6.40. The minimum Gasteiger partial charge on any atom is -0.352 e. The van der Waals surface area contributed by atoms with Gasteiger partial charge in [-0.25, -0.2) is 8.78 Å². The molecule has 0 spiro atoms. The van der Waals surface area contributed by atoms with Crippen LogP contribution in [0.3, 0.4) is 0 Å². The average molecular weight is 246 g/mol. The highest BCUT2D eigenvalue weighted by Gasteiger charge is 2.36. The van der Waals surface area contributed by atoms with Gasteiger partial charge in [0.15, 0.2) is 0 Å². The number of hydrogen-bond acceptors (Lipinski definition) is 2. The van der Waals surface area contributed by atoms with Crippen molar-refractivity contribution in [2.24, 2.45) is 11.7 Å². The number of nitrogens with one attached hydrogen (secondary N) is 1. The Morgan fingerprint density at radius 1 is 1.29 bits per heavy atom. The van der Waals surface area contributed by atoms with Crippen molar-refractivity contribution in [1.29, 1.82) is 0 Å². The summed E-state index contributed by atoms with van der Waals surface area (Å²) in [5.74, 6) is -2.45. The van der Waals surface area contributed by atoms with E-state index in [1.54, 1.807) is 0 Å². The molecular weight excluding hydrogens is 226 g/mol. The summed E-state index contributed by atoms with van der Waals surface area (Å²) >= 11 is 0. The van der Waals surface area contributed by atoms with Crippen LogP contribution >= 0.6 is 0 Å². The summed E-state index contributed by atoms with van der Waals surface area (Å²) in [7, 11) is 0. The lowest BCUT2D eigenvalue weighted by Gasteiger charge is -2.29. The van der Waals surface area contributed by atoms with Crippen LogP contribution in [0, 0.1) is 5.92 Å². The molecule has 1 amide bonds. The maximum Gasteiger partial charge on any atom is 0.248 e. The molecule has 0 aromatic carbocycles. The second-order valence-corrected chi connectivity index (χ2v) is 5.42. The fourth-order valence-corrected chi connectivity index (χ4v) is 2.34. The SMILES string of the molecule is N[C@@H](CC1CCC(F)(F)CC1)C(=O)NC1CC1. The van der Waals surface area contributed by atoms with Crippen LogP contribution < -0.4 is 11.1 Å². The number of carbonyl (C=O) groups is 1. The molecule has 17 heavy (non-hydrogen) atoms. The van der Waals surface area contributed by atoms with Crippen molar-refractivity contribution in [3.05, 3.63) is 0 Å². The fourth-order valence-electron chi connectivity index (χ4n) is 2.34. The fraction of sp³-hybridized carbons (Fsp3) is 0.917. The van der Waals surface area contributed by atoms with Crippen LogP contribution in [-0.4, -0.2) is 23.9 Å². The number of halogens is 2. The summed E-state index contributed by atoms with van der Waals surface area (Å²) in [5.41, 5.74) is 5.79. The lowest BCUT2D eigenvalue weighted by Crippen LogP contribution is -2.43. The Morgan fingerprint density at radius 3 is 2.41 bits per heavy atom. The first kappa shape index (κ1) is 12.7. The molecule has 0 heterocycles. The molecule has 0 unspecified atom stereocenters. The smallest absolute Gasteiger partial charge is 0.248 e. The third kappa shape index (κ3) is 3.91. The van der Waals surface area contributed by atoms with Gasteiger partial charge in [-0.05, 0) is 38.0 Å². The van der Waals surface area contributed by atoms with Crippen LogP contribution in [0.4, 0.5) is 8.78 Å². The molecule has 3 nitrogen and oxygen atoms in total. The third-order valence-electron chi connectivity index (χ3n) is 3.68. The average Bonchev–Trinajstić information content (AvgIpc) is 3.05. The molecule has 1 atom stereocenters. The number of alkyl halides is 2. The second kappa shape index (κ2) is 4.88. The minimum atomic E-state index is -2.50. The minimum absolute atomic E-state index is 0.0609. The molecule has 2 aliphatic rings. The van der Waals surface area contributed by atoms with Gasteiger partial charge in [-0.2, -0.15) is 0 Å². The lowest BCUT2D eigenvalue weighted by molar-refractivity contribution is -0.123. The van der Waals surface area contributed by atoms with E-state index in [0.717, 1.165) is 12.8 Å². The van der Waals surface area contributed by atoms with Gasteiger partial charge in [0.1, 0.15) is 0 Å². The molecular formula is C12H20F2N2O. The Kier molecular flexibility index (Phi) is 3.66. The molecule has 0 aromatic heterocycles. The molecule has 5 heteroatoms. The summed E-state index contributed by atoms with van der Waals surface area (Å²) in [6.45, 7) is 0. The van der Waals surface area contributed by atoms with Crippen molar-refractivity contribution in [2.75, 3.05) is 0 Å². The zero-order valence-corrected chi connectivity index (χ0v) is 9.92. The van der Waals surface area contributed by atoms with E-state index in [0.29, 0.717) is 25.3 Å². The highest BCUT2D eigenvalue weighted by molar-refractivity contribution is 5.82. The van der Waals surface area contributed by atoms with E-state index in [2.05, 4.69) is 5.32 Å². The van der Waals surface area contributed by atoms with Crippen LogP contribution in [-0.2, 0) is 4.79 Å². The molecule has 0 aliphatic heterocycles. The first-order valence-electron chi connectivity index (χ1n) is 6.40. The summed E-state index contributed by atoms with van der Waals surface area (Å²) in [6, 6.07) is -0.225. The highest BCUT2D eigenvalue weighted by Crippen LogP contribution is 2.37. The van der Waals surface area contributed by atoms with Gasteiger partial charge in [0.25, 0.3) is 0 Å². The van der Waals surface area contributed by atoms with E-state index in [1.807, 2.05) is 0 Å². The number of amides is 1. The largest absolute Gasteiger partial charge is 0.352 e. The first-order chi connectivity index (χ1) is 7.96. The van der Waals surface area contributed by atoms with Crippen molar-refractivity contribution in [3.63, 3.8) is 0 Å². The van der Waals surface area contributed by atoms with Gasteiger partial charge < -0.3 is 11.1 Å². The highest BCUT2D eigenvalue weighted by atomic mass is 19.3. The molecule has 2 fully saturated rings. The Hall–Kier alpha value is -0.710. The molecule has 0 radical (unpaired) electrons. The van der Waals surface area contributed by atoms with Crippen LogP contribution in [0.1, 0.15) is 44.9 Å². The Labute approximate surface area is 100 Å². The molecule has 0 bridgehead atoms. The molecule has 0 aromatic rings. The van der Waals surface area contributed by atoms with Crippen LogP contribution in [0.15, 0.2) is 0 Å². The summed E-state index contributed by atoms with van der Waals surface area (Å²) in [5, 5.41) is 2.85. The molecule has 3 N–H and O–H groups in total. The lowest BCUT2D eigenvalue weighted by atomic mass is 9.83. The maximum absolute atomic E-state index is 12.9. The van der Waals surface area contributed by atoms with Crippen LogP contribution in [0.25, 0.3) is 0 Å². The summed E-state index contributed by atoms with van der Waals surface area (Å²) in [4.78, 5) is 11.6. The molecule has 0 saturated heterocycles. The topological polar surface area (TPSA) is 55.1 Å². The van der Waals surface area contributed by atoms with Gasteiger partial charge in [-0.3, -0.25) is 4.79 Å². The third-order valence-corrected chi connectivity index (χ3v) is 3.68. The van der Waals surface area contributed by atoms with E-state index in [9.17, 15) is 13.6 Å². The predicted molar refractivity (Wildman–Crippen MR) is 60.7 cm³/mol. The van der Waals surface area contributed by atoms with Crippen molar-refractivity contribution in [2.45, 2.75) is 63.0 Å². The number of carbonyl (C=O) groups excluding carboxylic acids is 1. The van der Waals surface area contributed by atoms with E-state index in [1.165, 1.54) is 0 Å². The zero-order chi connectivity index (χ0) is 12.5. The summed E-state index contributed by atoms with van der Waals surface area (Å²) in [6.07, 6.45) is 3.45. The normalized spacial score (nSPS) is 26.5. The molecule has 2 aliphatic carbocycles. The second-order valence-electron chi connectivity index (χ2n) is 5.42. The molecule has 98 valence electrons. The Bertz CT molecular complexity index is 282. The standard InChI is InChI=1S/C12H20F2N2O/c13-12(14)5-3-8(4-6-12)7-10(15)11(17)16-9-1-2-9/h8-10H,1-7,15H2,(H,16,17)/t10-/m0/s1. The van der Waals surface area contributed by atoms with Gasteiger partial charge in [0, 0.05) is 18.9 Å². The van der Waals surface area contributed by atoms with Crippen molar-refractivity contribution >= 4 is 5.91 Å². The summed E-state index contributed by atoms with van der Waals surface area (Å²) < 4.78 is 25.9. The Morgan fingerprint density at radius 2 is 1.88 bits per heavy atom. The maximum atomic E-state index is 12.9. The van der Waals surface area contributed by atoms with Crippen LogP contribution in [0.2, 0.25) is 0 Å². The predicted octanol–water partition coefficient (Wildman–Crippen LogP) is 1.81. The van der Waals surface area contributed by atoms with Gasteiger partial charge in [-0.15, -0.1) is 0 Å². The van der Waals surface area contributed by atoms with Crippen molar-refractivity contribution in [3.8, 4) is 0 Å². The number of hydrogen-bond donors (Lipinski definition) is 2. The van der Waals surface area contributed by atoms with Gasteiger partial charge in [-0.1, -0.05) is 0 Å². The van der Waals surface area contributed by atoms with E-state index >= 15 is 0 Å².